The Morgan fingerprint density at radius 1 is 0.944 bits per heavy atom. The number of rotatable bonds is 8. The molecule has 7 heteroatoms. The van der Waals surface area contributed by atoms with Gasteiger partial charge in [-0.25, -0.2) is 0 Å². The number of carbonyl (C=O) groups is 2. The molecule has 0 saturated heterocycles. The van der Waals surface area contributed by atoms with E-state index < -0.39 is 30.1 Å². The summed E-state index contributed by atoms with van der Waals surface area (Å²) in [7, 11) is 0. The maximum atomic E-state index is 11.3. The normalized spacial score (nSPS) is 15.1. The monoisotopic (exact) mass is 258 g/mol. The quantitative estimate of drug-likeness (QED) is 0.313. The summed E-state index contributed by atoms with van der Waals surface area (Å²) in [6, 6.07) is 0. The molecule has 2 unspecified atom stereocenters. The molecule has 0 saturated carbocycles. The number of hydrogen-bond acceptors (Lipinski definition) is 5. The molecule has 2 amide bonds. The Hall–Kier alpha value is -1.70. The highest BCUT2D eigenvalue weighted by molar-refractivity contribution is 5.85. The zero-order chi connectivity index (χ0) is 14.1. The van der Waals surface area contributed by atoms with Gasteiger partial charge in [-0.1, -0.05) is 12.2 Å². The molecule has 5 N–H and O–H groups in total. The zero-order valence-corrected chi connectivity index (χ0v) is 9.87. The lowest BCUT2D eigenvalue weighted by Crippen LogP contribution is -2.52. The van der Waals surface area contributed by atoms with Crippen LogP contribution in [0.2, 0.25) is 0 Å². The minimum Gasteiger partial charge on any atom is -0.387 e. The third kappa shape index (κ3) is 5.09. The van der Waals surface area contributed by atoms with Crippen LogP contribution in [-0.2, 0) is 9.59 Å². The Labute approximate surface area is 105 Å². The van der Waals surface area contributed by atoms with Crippen LogP contribution in [0.3, 0.4) is 0 Å². The highest BCUT2D eigenvalue weighted by Gasteiger charge is 2.33. The van der Waals surface area contributed by atoms with Crippen molar-refractivity contribution in [2.24, 2.45) is 0 Å². The second-order valence-electron chi connectivity index (χ2n) is 3.45. The molecule has 0 aromatic heterocycles. The fourth-order valence-electron chi connectivity index (χ4n) is 1.04. The van der Waals surface area contributed by atoms with E-state index in [0.717, 1.165) is 0 Å². The molecule has 0 rings (SSSR count). The highest BCUT2D eigenvalue weighted by atomic mass is 16.4. The molecular weight excluding hydrogens is 240 g/mol. The van der Waals surface area contributed by atoms with Crippen LogP contribution in [0.5, 0.6) is 0 Å². The van der Waals surface area contributed by atoms with Gasteiger partial charge in [0, 0.05) is 13.1 Å². The minimum absolute atomic E-state index is 0.0986. The third-order valence-corrected chi connectivity index (χ3v) is 2.03. The summed E-state index contributed by atoms with van der Waals surface area (Å²) < 4.78 is 0. The zero-order valence-electron chi connectivity index (χ0n) is 9.87. The molecule has 0 spiro atoms. The van der Waals surface area contributed by atoms with E-state index in [1.165, 1.54) is 12.2 Å². The third-order valence-electron chi connectivity index (χ3n) is 2.03. The van der Waals surface area contributed by atoms with E-state index in [0.29, 0.717) is 0 Å². The van der Waals surface area contributed by atoms with Crippen molar-refractivity contribution in [1.82, 2.24) is 10.6 Å². The number of aliphatic hydroxyl groups is 3. The Morgan fingerprint density at radius 3 is 1.56 bits per heavy atom. The van der Waals surface area contributed by atoms with E-state index in [4.69, 9.17) is 0 Å². The van der Waals surface area contributed by atoms with Crippen molar-refractivity contribution in [3.63, 3.8) is 0 Å². The average Bonchev–Trinajstić information content (AvgIpc) is 2.39. The maximum absolute atomic E-state index is 11.3. The van der Waals surface area contributed by atoms with Gasteiger partial charge >= 0.3 is 0 Å². The van der Waals surface area contributed by atoms with Gasteiger partial charge in [-0.15, -0.1) is 13.2 Å². The molecule has 102 valence electrons. The van der Waals surface area contributed by atoms with Crippen molar-refractivity contribution < 1.29 is 24.9 Å². The molecule has 0 radical (unpaired) electrons. The van der Waals surface area contributed by atoms with Crippen molar-refractivity contribution >= 4 is 11.8 Å². The summed E-state index contributed by atoms with van der Waals surface area (Å²) in [5.41, 5.74) is 0. The predicted molar refractivity (Wildman–Crippen MR) is 64.4 cm³/mol. The lowest BCUT2D eigenvalue weighted by molar-refractivity contribution is -0.148. The van der Waals surface area contributed by atoms with Crippen molar-refractivity contribution in [3.05, 3.63) is 25.3 Å². The molecule has 0 aliphatic carbocycles. The summed E-state index contributed by atoms with van der Waals surface area (Å²) in [6.07, 6.45) is -2.97. The topological polar surface area (TPSA) is 119 Å². The Balaban J connectivity index is 4.37. The summed E-state index contributed by atoms with van der Waals surface area (Å²) in [5, 5.41) is 32.7. The van der Waals surface area contributed by atoms with Crippen molar-refractivity contribution in [1.29, 1.82) is 0 Å². The SMILES string of the molecule is C=CCNC(=O)C(O)C(O)C(O)C(=O)NCC=C. The van der Waals surface area contributed by atoms with Crippen molar-refractivity contribution in [3.8, 4) is 0 Å². The van der Waals surface area contributed by atoms with Crippen molar-refractivity contribution in [2.75, 3.05) is 13.1 Å². The number of carbonyl (C=O) groups excluding carboxylic acids is 2. The molecule has 18 heavy (non-hydrogen) atoms. The lowest BCUT2D eigenvalue weighted by atomic mass is 10.1. The van der Waals surface area contributed by atoms with Crippen LogP contribution >= 0.6 is 0 Å². The van der Waals surface area contributed by atoms with Crippen LogP contribution in [0.1, 0.15) is 0 Å². The molecular formula is C11H18N2O5. The smallest absolute Gasteiger partial charge is 0.251 e. The van der Waals surface area contributed by atoms with Gasteiger partial charge in [0.05, 0.1) is 0 Å². The summed E-state index contributed by atoms with van der Waals surface area (Å²) >= 11 is 0. The van der Waals surface area contributed by atoms with Crippen LogP contribution in [0.4, 0.5) is 0 Å². The predicted octanol–water partition coefficient (Wildman–Crippen LogP) is -2.33. The summed E-state index contributed by atoms with van der Waals surface area (Å²) in [5.74, 6) is -1.81. The fraction of sp³-hybridized carbons (Fsp3) is 0.455. The Morgan fingerprint density at radius 2 is 1.28 bits per heavy atom. The molecule has 7 nitrogen and oxygen atoms in total. The van der Waals surface area contributed by atoms with E-state index in [2.05, 4.69) is 23.8 Å². The van der Waals surface area contributed by atoms with Gasteiger partial charge < -0.3 is 26.0 Å². The largest absolute Gasteiger partial charge is 0.387 e. The number of amides is 2. The summed E-state index contributed by atoms with van der Waals surface area (Å²) in [6.45, 7) is 6.90. The van der Waals surface area contributed by atoms with Gasteiger partial charge in [-0.3, -0.25) is 9.59 Å². The first kappa shape index (κ1) is 16.3. The number of aliphatic hydroxyl groups excluding tert-OH is 3. The number of hydrogen-bond donors (Lipinski definition) is 5. The molecule has 0 aromatic carbocycles. The fourth-order valence-corrected chi connectivity index (χ4v) is 1.04. The molecule has 0 aliphatic rings. The van der Waals surface area contributed by atoms with Crippen LogP contribution < -0.4 is 10.6 Å². The van der Waals surface area contributed by atoms with Crippen LogP contribution in [0.25, 0.3) is 0 Å². The number of nitrogens with one attached hydrogen (secondary N) is 2. The van der Waals surface area contributed by atoms with E-state index in [-0.39, 0.29) is 13.1 Å². The van der Waals surface area contributed by atoms with Gasteiger partial charge in [-0.05, 0) is 0 Å². The minimum atomic E-state index is -1.92. The van der Waals surface area contributed by atoms with E-state index in [1.807, 2.05) is 0 Å². The first-order chi connectivity index (χ1) is 8.45. The second-order valence-corrected chi connectivity index (χ2v) is 3.45. The second kappa shape index (κ2) is 8.40. The standard InChI is InChI=1S/C11H18N2O5/c1-3-5-12-10(17)8(15)7(14)9(16)11(18)13-6-4-2/h3-4,7-9,14-16H,1-2,5-6H2,(H,12,17)(H,13,18). The van der Waals surface area contributed by atoms with Crippen molar-refractivity contribution in [2.45, 2.75) is 18.3 Å². The van der Waals surface area contributed by atoms with Gasteiger partial charge in [0.2, 0.25) is 0 Å². The lowest BCUT2D eigenvalue weighted by Gasteiger charge is -2.21. The van der Waals surface area contributed by atoms with E-state index >= 15 is 0 Å². The maximum Gasteiger partial charge on any atom is 0.251 e. The van der Waals surface area contributed by atoms with Gasteiger partial charge in [0.1, 0.15) is 6.10 Å². The highest BCUT2D eigenvalue weighted by Crippen LogP contribution is 2.01. The molecule has 2 atom stereocenters. The Kier molecular flexibility index (Phi) is 7.61. The first-order valence-corrected chi connectivity index (χ1v) is 5.27. The van der Waals surface area contributed by atoms with E-state index in [1.54, 1.807) is 0 Å². The van der Waals surface area contributed by atoms with Crippen LogP contribution in [0.15, 0.2) is 25.3 Å². The molecule has 0 aromatic rings. The molecule has 0 aliphatic heterocycles. The molecule has 0 fully saturated rings. The average molecular weight is 258 g/mol. The van der Waals surface area contributed by atoms with Crippen LogP contribution in [-0.4, -0.2) is 58.5 Å². The van der Waals surface area contributed by atoms with Gasteiger partial charge in [-0.2, -0.15) is 0 Å². The van der Waals surface area contributed by atoms with Crippen LogP contribution in [0, 0.1) is 0 Å². The first-order valence-electron chi connectivity index (χ1n) is 5.27. The molecule has 0 bridgehead atoms. The Bertz CT molecular complexity index is 289. The van der Waals surface area contributed by atoms with E-state index in [9.17, 15) is 24.9 Å². The summed E-state index contributed by atoms with van der Waals surface area (Å²) in [4.78, 5) is 22.5. The molecule has 0 heterocycles. The van der Waals surface area contributed by atoms with Gasteiger partial charge in [0.15, 0.2) is 12.2 Å². The van der Waals surface area contributed by atoms with Gasteiger partial charge in [0.25, 0.3) is 11.8 Å².